The third kappa shape index (κ3) is 4.70. The number of ketones is 1. The Morgan fingerprint density at radius 2 is 1.74 bits per heavy atom. The van der Waals surface area contributed by atoms with Gasteiger partial charge in [-0.1, -0.05) is 0 Å². The number of imide groups is 1. The van der Waals surface area contributed by atoms with Crippen LogP contribution in [-0.2, 0) is 14.8 Å². The van der Waals surface area contributed by atoms with Crippen molar-refractivity contribution in [1.82, 2.24) is 14.5 Å². The summed E-state index contributed by atoms with van der Waals surface area (Å²) in [6.07, 6.45) is 4.95. The molecule has 0 bridgehead atoms. The fourth-order valence-corrected chi connectivity index (χ4v) is 7.65. The van der Waals surface area contributed by atoms with Crippen LogP contribution in [0.2, 0.25) is 0 Å². The van der Waals surface area contributed by atoms with Crippen molar-refractivity contribution in [2.45, 2.75) is 68.7 Å². The van der Waals surface area contributed by atoms with Crippen LogP contribution in [0.4, 0.5) is 10.5 Å². The number of rotatable bonds is 7. The summed E-state index contributed by atoms with van der Waals surface area (Å²) in [4.78, 5) is 44.2. The van der Waals surface area contributed by atoms with E-state index in [1.165, 1.54) is 4.90 Å². The average molecular weight is 503 g/mol. The summed E-state index contributed by atoms with van der Waals surface area (Å²) in [5, 5.41) is -0.678. The van der Waals surface area contributed by atoms with Crippen molar-refractivity contribution in [3.63, 3.8) is 0 Å². The van der Waals surface area contributed by atoms with Crippen molar-refractivity contribution in [3.8, 4) is 0 Å². The van der Waals surface area contributed by atoms with Crippen molar-refractivity contribution < 1.29 is 22.8 Å². The van der Waals surface area contributed by atoms with Gasteiger partial charge in [0.05, 0.1) is 17.7 Å². The lowest BCUT2D eigenvalue weighted by atomic mass is 9.81. The molecule has 1 aromatic rings. The van der Waals surface area contributed by atoms with Gasteiger partial charge >= 0.3 is 6.03 Å². The molecule has 2 aliphatic carbocycles. The molecule has 0 spiro atoms. The molecule has 2 saturated carbocycles. The highest BCUT2D eigenvalue weighted by Gasteiger charge is 2.51. The van der Waals surface area contributed by atoms with Crippen LogP contribution in [0.3, 0.4) is 0 Å². The van der Waals surface area contributed by atoms with Crippen LogP contribution < -0.4 is 9.62 Å². The van der Waals surface area contributed by atoms with E-state index < -0.39 is 33.1 Å². The number of hydrogen-bond acceptors (Lipinski definition) is 6. The Hall–Kier alpha value is -2.46. The Bertz CT molecular complexity index is 1130. The normalized spacial score (nSPS) is 28.3. The number of anilines is 1. The maximum atomic E-state index is 13.4. The number of carbonyl (C=O) groups is 3. The largest absolute Gasteiger partial charge is 0.372 e. The SMILES string of the molecule is CN1C(=O)N(CC(=O)c2ccc(N3CCCC3)cc2)C(=O)C2CC(S(=O)(=O)NC3(C)CC3)CCC21. The van der Waals surface area contributed by atoms with E-state index in [0.717, 1.165) is 49.4 Å². The monoisotopic (exact) mass is 502 g/mol. The molecular formula is C25H34N4O5S. The van der Waals surface area contributed by atoms with Crippen LogP contribution in [0.5, 0.6) is 0 Å². The molecule has 1 aromatic carbocycles. The van der Waals surface area contributed by atoms with Crippen molar-refractivity contribution in [2.75, 3.05) is 31.6 Å². The lowest BCUT2D eigenvalue weighted by molar-refractivity contribution is -0.139. The molecule has 3 unspecified atom stereocenters. The standard InChI is InChI=1S/C25H34N4O5S/c1-25(11-12-25)26-35(33,34)19-9-10-21-20(15-19)23(31)29(24(32)27(21)2)16-22(30)17-5-7-18(8-6-17)28-13-3-4-14-28/h5-8,19-21,26H,3-4,9-16H2,1-2H3. The summed E-state index contributed by atoms with van der Waals surface area (Å²) in [5.74, 6) is -1.39. The third-order valence-corrected chi connectivity index (χ3v) is 10.3. The van der Waals surface area contributed by atoms with Gasteiger partial charge in [-0.2, -0.15) is 0 Å². The predicted octanol–water partition coefficient (Wildman–Crippen LogP) is 2.37. The number of benzene rings is 1. The summed E-state index contributed by atoms with van der Waals surface area (Å²) in [6, 6.07) is 6.46. The number of fused-ring (bicyclic) bond motifs is 1. The summed E-state index contributed by atoms with van der Waals surface area (Å²) < 4.78 is 28.7. The average Bonchev–Trinajstić information content (AvgIpc) is 3.31. The van der Waals surface area contributed by atoms with Gasteiger partial charge in [-0.15, -0.1) is 0 Å². The number of nitrogens with zero attached hydrogens (tertiary/aromatic N) is 3. The molecule has 3 amide bonds. The molecule has 2 aliphatic heterocycles. The van der Waals surface area contributed by atoms with Gasteiger partial charge in [-0.25, -0.2) is 17.9 Å². The lowest BCUT2D eigenvalue weighted by Gasteiger charge is -2.46. The minimum absolute atomic E-state index is 0.155. The van der Waals surface area contributed by atoms with Gasteiger partial charge in [0.25, 0.3) is 0 Å². The number of urea groups is 1. The van der Waals surface area contributed by atoms with Gasteiger partial charge in [0.2, 0.25) is 15.9 Å². The molecule has 2 heterocycles. The molecule has 0 aromatic heterocycles. The van der Waals surface area contributed by atoms with Crippen LogP contribution in [-0.4, -0.2) is 79.5 Å². The van der Waals surface area contributed by atoms with Gasteiger partial charge in [0.1, 0.15) is 0 Å². The molecule has 2 saturated heterocycles. The molecule has 3 atom stereocenters. The highest BCUT2D eigenvalue weighted by molar-refractivity contribution is 7.90. The van der Waals surface area contributed by atoms with E-state index in [-0.39, 0.29) is 30.3 Å². The van der Waals surface area contributed by atoms with Gasteiger partial charge in [-0.05, 0) is 76.1 Å². The number of Topliss-reactive ketones (excluding diaryl/α,β-unsaturated/α-hetero) is 1. The number of hydrogen-bond donors (Lipinski definition) is 1. The first-order valence-corrected chi connectivity index (χ1v) is 14.1. The summed E-state index contributed by atoms with van der Waals surface area (Å²) >= 11 is 0. The maximum Gasteiger partial charge on any atom is 0.327 e. The van der Waals surface area contributed by atoms with E-state index >= 15 is 0 Å². The van der Waals surface area contributed by atoms with E-state index in [1.807, 2.05) is 19.1 Å². The molecule has 5 rings (SSSR count). The zero-order valence-electron chi connectivity index (χ0n) is 20.4. The van der Waals surface area contributed by atoms with Crippen LogP contribution in [0.15, 0.2) is 24.3 Å². The van der Waals surface area contributed by atoms with E-state index in [9.17, 15) is 22.8 Å². The fourth-order valence-electron chi connectivity index (χ4n) is 5.68. The molecule has 10 heteroatoms. The first kappa shape index (κ1) is 24.2. The van der Waals surface area contributed by atoms with Crippen LogP contribution in [0, 0.1) is 5.92 Å². The van der Waals surface area contributed by atoms with Crippen LogP contribution >= 0.6 is 0 Å². The third-order valence-electron chi connectivity index (χ3n) is 8.17. The second-order valence-corrected chi connectivity index (χ2v) is 12.8. The molecule has 4 fully saturated rings. The molecule has 1 N–H and O–H groups in total. The van der Waals surface area contributed by atoms with Gasteiger partial charge < -0.3 is 9.80 Å². The second-order valence-electron chi connectivity index (χ2n) is 10.8. The molecular weight excluding hydrogens is 468 g/mol. The Balaban J connectivity index is 1.28. The van der Waals surface area contributed by atoms with Crippen LogP contribution in [0.25, 0.3) is 0 Å². The molecule has 9 nitrogen and oxygen atoms in total. The van der Waals surface area contributed by atoms with E-state index in [4.69, 9.17) is 0 Å². The second kappa shape index (κ2) is 8.89. The molecule has 190 valence electrons. The Labute approximate surface area is 206 Å². The molecule has 35 heavy (non-hydrogen) atoms. The minimum atomic E-state index is -3.57. The van der Waals surface area contributed by atoms with Crippen molar-refractivity contribution in [2.24, 2.45) is 5.92 Å². The van der Waals surface area contributed by atoms with Crippen molar-refractivity contribution in [1.29, 1.82) is 0 Å². The number of nitrogens with one attached hydrogen (secondary N) is 1. The summed E-state index contributed by atoms with van der Waals surface area (Å²) in [5.41, 5.74) is 1.14. The Morgan fingerprint density at radius 1 is 1.09 bits per heavy atom. The minimum Gasteiger partial charge on any atom is -0.372 e. The maximum absolute atomic E-state index is 13.4. The van der Waals surface area contributed by atoms with E-state index in [2.05, 4.69) is 9.62 Å². The zero-order chi connectivity index (χ0) is 25.0. The Morgan fingerprint density at radius 3 is 2.37 bits per heavy atom. The van der Waals surface area contributed by atoms with Crippen molar-refractivity contribution in [3.05, 3.63) is 29.8 Å². The summed E-state index contributed by atoms with van der Waals surface area (Å²) in [7, 11) is -1.94. The smallest absolute Gasteiger partial charge is 0.327 e. The molecule has 0 radical (unpaired) electrons. The van der Waals surface area contributed by atoms with Gasteiger partial charge in [-0.3, -0.25) is 14.5 Å². The van der Waals surface area contributed by atoms with Crippen LogP contribution in [0.1, 0.15) is 62.2 Å². The van der Waals surface area contributed by atoms with E-state index in [0.29, 0.717) is 18.4 Å². The topological polar surface area (TPSA) is 107 Å². The highest BCUT2D eigenvalue weighted by atomic mass is 32.2. The fraction of sp³-hybridized carbons (Fsp3) is 0.640. The van der Waals surface area contributed by atoms with Gasteiger partial charge in [0.15, 0.2) is 5.78 Å². The first-order chi connectivity index (χ1) is 16.6. The summed E-state index contributed by atoms with van der Waals surface area (Å²) in [6.45, 7) is 3.55. The number of amides is 3. The predicted molar refractivity (Wildman–Crippen MR) is 132 cm³/mol. The first-order valence-electron chi connectivity index (χ1n) is 12.6. The number of carbonyl (C=O) groups excluding carboxylic acids is 3. The Kier molecular flexibility index (Phi) is 6.15. The van der Waals surface area contributed by atoms with Crippen molar-refractivity contribution >= 4 is 33.4 Å². The number of sulfonamides is 1. The molecule has 4 aliphatic rings. The zero-order valence-corrected chi connectivity index (χ0v) is 21.2. The quantitative estimate of drug-likeness (QED) is 0.574. The lowest BCUT2D eigenvalue weighted by Crippen LogP contribution is -2.63. The van der Waals surface area contributed by atoms with Gasteiger partial charge in [0, 0.05) is 43.0 Å². The van der Waals surface area contributed by atoms with E-state index in [1.54, 1.807) is 19.2 Å². The highest BCUT2D eigenvalue weighted by Crippen LogP contribution is 2.39.